The fourth-order valence-electron chi connectivity index (χ4n) is 4.41. The molecule has 1 aliphatic heterocycles. The summed E-state index contributed by atoms with van der Waals surface area (Å²) in [6.45, 7) is 5.61. The van der Waals surface area contributed by atoms with Gasteiger partial charge in [0.1, 0.15) is 17.3 Å². The Hall–Kier alpha value is -4.06. The fourth-order valence-corrected chi connectivity index (χ4v) is 4.41. The predicted octanol–water partition coefficient (Wildman–Crippen LogP) is 5.26. The SMILES string of the molecule is COc1cccc(C2/C(=C(\O)c3cc(C)c(OC)cc3C)C(=O)C(=O)N2c2cccc(C)c2)c1. The zero-order valence-corrected chi connectivity index (χ0v) is 19.9. The van der Waals surface area contributed by atoms with Crippen LogP contribution in [0.4, 0.5) is 5.69 Å². The molecule has 4 rings (SSSR count). The molecule has 174 valence electrons. The Morgan fingerprint density at radius 3 is 2.29 bits per heavy atom. The molecule has 6 heteroatoms. The number of hydrogen-bond donors (Lipinski definition) is 1. The molecular formula is C28H27NO5. The van der Waals surface area contributed by atoms with Crippen molar-refractivity contribution in [3.05, 3.63) is 94.1 Å². The van der Waals surface area contributed by atoms with E-state index >= 15 is 0 Å². The van der Waals surface area contributed by atoms with Crippen molar-refractivity contribution in [1.29, 1.82) is 0 Å². The van der Waals surface area contributed by atoms with Gasteiger partial charge in [0.15, 0.2) is 0 Å². The van der Waals surface area contributed by atoms with Crippen LogP contribution in [0.5, 0.6) is 11.5 Å². The van der Waals surface area contributed by atoms with Crippen LogP contribution >= 0.6 is 0 Å². The number of methoxy groups -OCH3 is 2. The van der Waals surface area contributed by atoms with E-state index in [-0.39, 0.29) is 11.3 Å². The number of ketones is 1. The summed E-state index contributed by atoms with van der Waals surface area (Å²) in [7, 11) is 3.14. The third-order valence-electron chi connectivity index (χ3n) is 6.13. The number of benzene rings is 3. The van der Waals surface area contributed by atoms with E-state index in [2.05, 4.69) is 0 Å². The minimum Gasteiger partial charge on any atom is -0.507 e. The molecule has 1 unspecified atom stereocenters. The van der Waals surface area contributed by atoms with E-state index in [1.807, 2.05) is 51.1 Å². The van der Waals surface area contributed by atoms with Gasteiger partial charge in [-0.15, -0.1) is 0 Å². The first-order valence-electron chi connectivity index (χ1n) is 10.9. The zero-order chi connectivity index (χ0) is 24.6. The van der Waals surface area contributed by atoms with Crippen LogP contribution in [-0.4, -0.2) is 31.0 Å². The molecule has 1 fully saturated rings. The summed E-state index contributed by atoms with van der Waals surface area (Å²) in [6, 6.07) is 17.3. The number of nitrogens with zero attached hydrogens (tertiary/aromatic N) is 1. The van der Waals surface area contributed by atoms with Crippen molar-refractivity contribution < 1.29 is 24.2 Å². The lowest BCUT2D eigenvalue weighted by Gasteiger charge is -2.26. The standard InChI is InChI=1S/C28H27NO5/c1-16-8-6-10-20(12-16)29-25(19-9-7-11-21(15-19)33-4)24(27(31)28(29)32)26(30)22-13-18(3)23(34-5)14-17(22)2/h6-15,25,30H,1-5H3/b26-24+. The average Bonchev–Trinajstić information content (AvgIpc) is 3.10. The Morgan fingerprint density at radius 2 is 1.62 bits per heavy atom. The minimum absolute atomic E-state index is 0.0347. The van der Waals surface area contributed by atoms with Crippen LogP contribution in [-0.2, 0) is 9.59 Å². The molecule has 1 amide bonds. The van der Waals surface area contributed by atoms with Gasteiger partial charge in [-0.05, 0) is 79.4 Å². The number of hydrogen-bond acceptors (Lipinski definition) is 5. The number of carbonyl (C=O) groups excluding carboxylic acids is 2. The van der Waals surface area contributed by atoms with Gasteiger partial charge in [-0.2, -0.15) is 0 Å². The van der Waals surface area contributed by atoms with Crippen LogP contribution in [0.15, 0.2) is 66.2 Å². The monoisotopic (exact) mass is 457 g/mol. The molecule has 0 bridgehead atoms. The number of aliphatic hydroxyl groups is 1. The lowest BCUT2D eigenvalue weighted by atomic mass is 9.93. The zero-order valence-electron chi connectivity index (χ0n) is 19.9. The molecule has 1 atom stereocenters. The molecule has 1 aliphatic rings. The van der Waals surface area contributed by atoms with Crippen molar-refractivity contribution in [2.45, 2.75) is 26.8 Å². The number of anilines is 1. The highest BCUT2D eigenvalue weighted by atomic mass is 16.5. The number of Topliss-reactive ketones (excluding diaryl/α,β-unsaturated/α-hetero) is 1. The van der Waals surface area contributed by atoms with Crippen LogP contribution < -0.4 is 14.4 Å². The second kappa shape index (κ2) is 9.06. The second-order valence-electron chi connectivity index (χ2n) is 8.42. The highest BCUT2D eigenvalue weighted by Gasteiger charge is 2.47. The van der Waals surface area contributed by atoms with Crippen molar-refractivity contribution in [1.82, 2.24) is 0 Å². The maximum absolute atomic E-state index is 13.4. The molecule has 3 aromatic carbocycles. The molecule has 0 aliphatic carbocycles. The summed E-state index contributed by atoms with van der Waals surface area (Å²) < 4.78 is 10.8. The third-order valence-corrected chi connectivity index (χ3v) is 6.13. The van der Waals surface area contributed by atoms with Crippen molar-refractivity contribution >= 4 is 23.1 Å². The van der Waals surface area contributed by atoms with E-state index < -0.39 is 17.7 Å². The number of amides is 1. The third kappa shape index (κ3) is 3.92. The summed E-state index contributed by atoms with van der Waals surface area (Å²) in [4.78, 5) is 28.2. The summed E-state index contributed by atoms with van der Waals surface area (Å²) in [5.74, 6) is -0.380. The first-order chi connectivity index (χ1) is 16.3. The van der Waals surface area contributed by atoms with Gasteiger partial charge in [0, 0.05) is 11.3 Å². The predicted molar refractivity (Wildman–Crippen MR) is 131 cm³/mol. The summed E-state index contributed by atoms with van der Waals surface area (Å²) in [5, 5.41) is 11.5. The lowest BCUT2D eigenvalue weighted by Crippen LogP contribution is -2.29. The number of aliphatic hydroxyl groups excluding tert-OH is 1. The van der Waals surface area contributed by atoms with Gasteiger partial charge in [0.05, 0.1) is 25.8 Å². The normalized spacial score (nSPS) is 17.2. The Labute approximate surface area is 199 Å². The summed E-state index contributed by atoms with van der Waals surface area (Å²) in [5.41, 5.74) is 4.24. The number of carbonyl (C=O) groups is 2. The molecule has 1 saturated heterocycles. The number of ether oxygens (including phenoxy) is 2. The topological polar surface area (TPSA) is 76.1 Å². The van der Waals surface area contributed by atoms with Gasteiger partial charge in [-0.1, -0.05) is 24.3 Å². The highest BCUT2D eigenvalue weighted by Crippen LogP contribution is 2.43. The molecule has 0 spiro atoms. The molecule has 1 N–H and O–H groups in total. The Kier molecular flexibility index (Phi) is 6.16. The van der Waals surface area contributed by atoms with Gasteiger partial charge in [-0.3, -0.25) is 14.5 Å². The molecule has 6 nitrogen and oxygen atoms in total. The quantitative estimate of drug-likeness (QED) is 0.322. The first kappa shape index (κ1) is 23.1. The van der Waals surface area contributed by atoms with E-state index in [9.17, 15) is 14.7 Å². The van der Waals surface area contributed by atoms with E-state index in [4.69, 9.17) is 9.47 Å². The molecule has 0 radical (unpaired) electrons. The number of aryl methyl sites for hydroxylation is 3. The van der Waals surface area contributed by atoms with Gasteiger partial charge in [0.25, 0.3) is 11.7 Å². The van der Waals surface area contributed by atoms with Crippen LogP contribution in [0.25, 0.3) is 5.76 Å². The smallest absolute Gasteiger partial charge is 0.300 e. The highest BCUT2D eigenvalue weighted by molar-refractivity contribution is 6.51. The molecule has 34 heavy (non-hydrogen) atoms. The molecule has 0 saturated carbocycles. The average molecular weight is 458 g/mol. The van der Waals surface area contributed by atoms with Crippen LogP contribution in [0.2, 0.25) is 0 Å². The first-order valence-corrected chi connectivity index (χ1v) is 10.9. The molecule has 0 aromatic heterocycles. The van der Waals surface area contributed by atoms with Crippen molar-refractivity contribution in [2.24, 2.45) is 0 Å². The molecule has 3 aromatic rings. The van der Waals surface area contributed by atoms with Gasteiger partial charge in [-0.25, -0.2) is 0 Å². The lowest BCUT2D eigenvalue weighted by molar-refractivity contribution is -0.132. The Bertz CT molecular complexity index is 1320. The van der Waals surface area contributed by atoms with E-state index in [0.29, 0.717) is 28.3 Å². The van der Waals surface area contributed by atoms with Gasteiger partial charge < -0.3 is 14.6 Å². The molecule has 1 heterocycles. The second-order valence-corrected chi connectivity index (χ2v) is 8.42. The van der Waals surface area contributed by atoms with Crippen molar-refractivity contribution in [3.63, 3.8) is 0 Å². The van der Waals surface area contributed by atoms with E-state index in [0.717, 1.165) is 16.7 Å². The maximum Gasteiger partial charge on any atom is 0.300 e. The summed E-state index contributed by atoms with van der Waals surface area (Å²) in [6.07, 6.45) is 0. The van der Waals surface area contributed by atoms with Crippen molar-refractivity contribution in [2.75, 3.05) is 19.1 Å². The largest absolute Gasteiger partial charge is 0.507 e. The Balaban J connectivity index is 1.99. The maximum atomic E-state index is 13.4. The minimum atomic E-state index is -0.821. The Morgan fingerprint density at radius 1 is 0.882 bits per heavy atom. The number of rotatable bonds is 5. The fraction of sp³-hybridized carbons (Fsp3) is 0.214. The van der Waals surface area contributed by atoms with Gasteiger partial charge in [0.2, 0.25) is 0 Å². The van der Waals surface area contributed by atoms with Crippen LogP contribution in [0, 0.1) is 20.8 Å². The van der Waals surface area contributed by atoms with Crippen LogP contribution in [0.1, 0.15) is 33.9 Å². The molecular weight excluding hydrogens is 430 g/mol. The van der Waals surface area contributed by atoms with E-state index in [1.54, 1.807) is 44.6 Å². The van der Waals surface area contributed by atoms with Crippen molar-refractivity contribution in [3.8, 4) is 11.5 Å². The van der Waals surface area contributed by atoms with Gasteiger partial charge >= 0.3 is 0 Å². The van der Waals surface area contributed by atoms with Crippen LogP contribution in [0.3, 0.4) is 0 Å². The summed E-state index contributed by atoms with van der Waals surface area (Å²) >= 11 is 0. The van der Waals surface area contributed by atoms with E-state index in [1.165, 1.54) is 4.90 Å².